The van der Waals surface area contributed by atoms with E-state index in [9.17, 15) is 4.79 Å². The van der Waals surface area contributed by atoms with Crippen LogP contribution in [0.1, 0.15) is 33.6 Å². The summed E-state index contributed by atoms with van der Waals surface area (Å²) in [5, 5.41) is 6.53. The second-order valence-corrected chi connectivity index (χ2v) is 5.62. The van der Waals surface area contributed by atoms with Crippen LogP contribution < -0.4 is 10.6 Å². The number of nitrogens with one attached hydrogen (secondary N) is 2. The molecule has 0 aromatic rings. The zero-order valence-electron chi connectivity index (χ0n) is 9.89. The van der Waals surface area contributed by atoms with Crippen molar-refractivity contribution in [3.63, 3.8) is 0 Å². The van der Waals surface area contributed by atoms with E-state index in [1.807, 2.05) is 0 Å². The minimum absolute atomic E-state index is 0.0399. The maximum absolute atomic E-state index is 11.6. The molecule has 2 fully saturated rings. The summed E-state index contributed by atoms with van der Waals surface area (Å²) in [6, 6.07) is 0. The highest BCUT2D eigenvalue weighted by molar-refractivity contribution is 5.81. The molecule has 0 aromatic carbocycles. The number of piperidine rings is 1. The van der Waals surface area contributed by atoms with E-state index in [2.05, 4.69) is 36.3 Å². The van der Waals surface area contributed by atoms with Crippen molar-refractivity contribution < 1.29 is 4.79 Å². The number of carbonyl (C=O) groups is 1. The highest BCUT2D eigenvalue weighted by Crippen LogP contribution is 2.31. The van der Waals surface area contributed by atoms with Crippen LogP contribution in [0.25, 0.3) is 0 Å². The lowest BCUT2D eigenvalue weighted by Gasteiger charge is -2.47. The van der Waals surface area contributed by atoms with Crippen molar-refractivity contribution >= 4 is 5.91 Å². The Balaban J connectivity index is 2.24. The first-order valence-corrected chi connectivity index (χ1v) is 5.74. The molecule has 0 aromatic heterocycles. The van der Waals surface area contributed by atoms with Crippen LogP contribution in [-0.4, -0.2) is 41.6 Å². The molecule has 2 N–H and O–H groups in total. The van der Waals surface area contributed by atoms with E-state index in [-0.39, 0.29) is 17.1 Å². The minimum Gasteiger partial charge on any atom is -0.336 e. The van der Waals surface area contributed by atoms with Crippen molar-refractivity contribution in [2.45, 2.75) is 44.8 Å². The molecule has 1 amide bonds. The Labute approximate surface area is 91.4 Å². The molecule has 2 aliphatic heterocycles. The van der Waals surface area contributed by atoms with Gasteiger partial charge >= 0.3 is 0 Å². The van der Waals surface area contributed by atoms with Crippen LogP contribution in [0, 0.1) is 0 Å². The highest BCUT2D eigenvalue weighted by Gasteiger charge is 2.49. The van der Waals surface area contributed by atoms with Gasteiger partial charge in [0.05, 0.1) is 6.54 Å². The van der Waals surface area contributed by atoms with Gasteiger partial charge < -0.3 is 10.6 Å². The van der Waals surface area contributed by atoms with E-state index in [1.165, 1.54) is 0 Å². The quantitative estimate of drug-likeness (QED) is 0.605. The second kappa shape index (κ2) is 3.46. The van der Waals surface area contributed by atoms with Crippen LogP contribution in [-0.2, 0) is 4.79 Å². The molecule has 0 bridgehead atoms. The van der Waals surface area contributed by atoms with E-state index in [0.29, 0.717) is 6.54 Å². The Morgan fingerprint density at radius 1 is 1.40 bits per heavy atom. The maximum Gasteiger partial charge on any atom is 0.235 e. The maximum atomic E-state index is 11.6. The molecule has 2 heterocycles. The molecule has 86 valence electrons. The van der Waals surface area contributed by atoms with Crippen molar-refractivity contribution in [1.29, 1.82) is 0 Å². The van der Waals surface area contributed by atoms with Gasteiger partial charge in [0.15, 0.2) is 0 Å². The first-order chi connectivity index (χ1) is 6.94. The van der Waals surface area contributed by atoms with E-state index < -0.39 is 0 Å². The Morgan fingerprint density at radius 2 is 2.13 bits per heavy atom. The third-order valence-corrected chi connectivity index (χ3v) is 3.36. The fraction of sp³-hybridized carbons (Fsp3) is 0.909. The fourth-order valence-corrected chi connectivity index (χ4v) is 2.77. The van der Waals surface area contributed by atoms with Gasteiger partial charge in [-0.3, -0.25) is 9.69 Å². The highest BCUT2D eigenvalue weighted by atomic mass is 16.2. The summed E-state index contributed by atoms with van der Waals surface area (Å²) in [6.07, 6.45) is 2.19. The van der Waals surface area contributed by atoms with Crippen LogP contribution >= 0.6 is 0 Å². The van der Waals surface area contributed by atoms with Crippen LogP contribution in [0.15, 0.2) is 0 Å². The summed E-state index contributed by atoms with van der Waals surface area (Å²) in [7, 11) is 0. The van der Waals surface area contributed by atoms with Crippen LogP contribution in [0.5, 0.6) is 0 Å². The molecule has 2 saturated heterocycles. The average Bonchev–Trinajstić information content (AvgIpc) is 2.43. The Kier molecular flexibility index (Phi) is 2.51. The summed E-state index contributed by atoms with van der Waals surface area (Å²) < 4.78 is 0. The number of carbonyl (C=O) groups excluding carboxylic acids is 1. The Morgan fingerprint density at radius 3 is 2.67 bits per heavy atom. The topological polar surface area (TPSA) is 44.4 Å². The van der Waals surface area contributed by atoms with Crippen molar-refractivity contribution in [2.75, 3.05) is 19.6 Å². The first kappa shape index (κ1) is 10.9. The number of amides is 1. The van der Waals surface area contributed by atoms with Gasteiger partial charge in [-0.25, -0.2) is 0 Å². The standard InChI is InChI=1S/C11H21N3O/c1-10(2,3)14-7-9(15)13-11(14)5-4-6-12-8-11/h12H,4-8H2,1-3H3,(H,13,15). The normalized spacial score (nSPS) is 33.4. The smallest absolute Gasteiger partial charge is 0.235 e. The van der Waals surface area contributed by atoms with Gasteiger partial charge in [0, 0.05) is 12.1 Å². The van der Waals surface area contributed by atoms with Gasteiger partial charge in [0.25, 0.3) is 0 Å². The zero-order chi connectivity index (χ0) is 11.1. The molecule has 2 aliphatic rings. The number of nitrogens with zero attached hydrogens (tertiary/aromatic N) is 1. The third kappa shape index (κ3) is 1.88. The van der Waals surface area contributed by atoms with Gasteiger partial charge in [-0.15, -0.1) is 0 Å². The van der Waals surface area contributed by atoms with Crippen molar-refractivity contribution in [3.8, 4) is 0 Å². The molecule has 2 rings (SSSR count). The lowest BCUT2D eigenvalue weighted by molar-refractivity contribution is -0.119. The zero-order valence-corrected chi connectivity index (χ0v) is 9.89. The van der Waals surface area contributed by atoms with Crippen molar-refractivity contribution in [2.24, 2.45) is 0 Å². The van der Waals surface area contributed by atoms with Gasteiger partial charge in [0.2, 0.25) is 5.91 Å². The molecule has 15 heavy (non-hydrogen) atoms. The molecule has 1 atom stereocenters. The van der Waals surface area contributed by atoms with Crippen molar-refractivity contribution in [3.05, 3.63) is 0 Å². The lowest BCUT2D eigenvalue weighted by Crippen LogP contribution is -2.64. The lowest BCUT2D eigenvalue weighted by atomic mass is 9.94. The van der Waals surface area contributed by atoms with E-state index in [1.54, 1.807) is 0 Å². The molecule has 0 aliphatic carbocycles. The summed E-state index contributed by atoms with van der Waals surface area (Å²) in [5.74, 6) is 0.161. The SMILES string of the molecule is CC(C)(C)N1CC(=O)NC12CCCNC2. The van der Waals surface area contributed by atoms with E-state index in [0.717, 1.165) is 25.9 Å². The predicted molar refractivity (Wildman–Crippen MR) is 59.4 cm³/mol. The van der Waals surface area contributed by atoms with Crippen LogP contribution in [0.3, 0.4) is 0 Å². The first-order valence-electron chi connectivity index (χ1n) is 5.74. The summed E-state index contributed by atoms with van der Waals surface area (Å²) >= 11 is 0. The molecular weight excluding hydrogens is 190 g/mol. The average molecular weight is 211 g/mol. The number of rotatable bonds is 0. The Bertz CT molecular complexity index is 263. The van der Waals surface area contributed by atoms with Crippen molar-refractivity contribution in [1.82, 2.24) is 15.5 Å². The minimum atomic E-state index is -0.131. The molecule has 1 spiro atoms. The summed E-state index contributed by atoms with van der Waals surface area (Å²) in [6.45, 7) is 8.98. The van der Waals surface area contributed by atoms with Gasteiger partial charge in [-0.1, -0.05) is 0 Å². The molecular formula is C11H21N3O. The molecule has 4 nitrogen and oxygen atoms in total. The van der Waals surface area contributed by atoms with E-state index >= 15 is 0 Å². The van der Waals surface area contributed by atoms with Gasteiger partial charge in [-0.2, -0.15) is 0 Å². The number of hydrogen-bond acceptors (Lipinski definition) is 3. The molecule has 0 saturated carbocycles. The van der Waals surface area contributed by atoms with Crippen LogP contribution in [0.4, 0.5) is 0 Å². The van der Waals surface area contributed by atoms with Crippen LogP contribution in [0.2, 0.25) is 0 Å². The largest absolute Gasteiger partial charge is 0.336 e. The molecule has 1 unspecified atom stereocenters. The summed E-state index contributed by atoms with van der Waals surface area (Å²) in [4.78, 5) is 13.9. The monoisotopic (exact) mass is 211 g/mol. The second-order valence-electron chi connectivity index (χ2n) is 5.62. The fourth-order valence-electron chi connectivity index (χ4n) is 2.77. The predicted octanol–water partition coefficient (Wildman–Crippen LogP) is 0.296. The van der Waals surface area contributed by atoms with E-state index in [4.69, 9.17) is 0 Å². The number of hydrogen-bond donors (Lipinski definition) is 2. The third-order valence-electron chi connectivity index (χ3n) is 3.36. The van der Waals surface area contributed by atoms with Gasteiger partial charge in [0.1, 0.15) is 5.66 Å². The Hall–Kier alpha value is -0.610. The summed E-state index contributed by atoms with van der Waals surface area (Å²) in [5.41, 5.74) is -0.0915. The molecule has 4 heteroatoms. The van der Waals surface area contributed by atoms with Gasteiger partial charge in [-0.05, 0) is 40.2 Å². The molecule has 0 radical (unpaired) electrons.